The van der Waals surface area contributed by atoms with E-state index in [4.69, 9.17) is 0 Å². The van der Waals surface area contributed by atoms with Crippen LogP contribution in [0.3, 0.4) is 0 Å². The molecule has 2 aromatic heterocycles. The molecule has 0 aliphatic rings. The molecule has 0 aliphatic carbocycles. The summed E-state index contributed by atoms with van der Waals surface area (Å²) < 4.78 is 32.4. The van der Waals surface area contributed by atoms with Crippen LogP contribution < -0.4 is 4.74 Å². The Labute approximate surface area is 138 Å². The summed E-state index contributed by atoms with van der Waals surface area (Å²) >= 11 is 0. The van der Waals surface area contributed by atoms with Crippen LogP contribution in [0.2, 0.25) is 0 Å². The van der Waals surface area contributed by atoms with E-state index in [1.165, 1.54) is 12.1 Å². The summed E-state index contributed by atoms with van der Waals surface area (Å²) in [7, 11) is 0. The fourth-order valence-electron chi connectivity index (χ4n) is 2.13. The Balaban J connectivity index is 0.00000192. The number of aromatic nitrogens is 4. The van der Waals surface area contributed by atoms with E-state index in [0.717, 1.165) is 17.2 Å². The van der Waals surface area contributed by atoms with Crippen molar-refractivity contribution in [2.45, 2.75) is 20.1 Å². The van der Waals surface area contributed by atoms with E-state index in [-0.39, 0.29) is 18.2 Å². The predicted molar refractivity (Wildman–Crippen MR) is 83.5 cm³/mol. The van der Waals surface area contributed by atoms with Crippen LogP contribution in [0.25, 0.3) is 5.69 Å². The lowest BCUT2D eigenvalue weighted by Crippen LogP contribution is -2.02. The molecule has 122 valence electrons. The molecule has 8 heteroatoms. The van der Waals surface area contributed by atoms with Gasteiger partial charge >= 0.3 is 6.61 Å². The van der Waals surface area contributed by atoms with Gasteiger partial charge in [0, 0.05) is 24.3 Å². The van der Waals surface area contributed by atoms with Crippen LogP contribution in [0.4, 0.5) is 8.78 Å². The number of benzene rings is 1. The lowest BCUT2D eigenvalue weighted by molar-refractivity contribution is -0.0498. The number of hydrogen-bond donors (Lipinski definition) is 0. The van der Waals surface area contributed by atoms with Crippen molar-refractivity contribution in [3.63, 3.8) is 0 Å². The van der Waals surface area contributed by atoms with Gasteiger partial charge in [-0.15, -0.1) is 12.4 Å². The number of aryl methyl sites for hydroxylation is 1. The Kier molecular flexibility index (Phi) is 5.33. The maximum absolute atomic E-state index is 12.1. The van der Waals surface area contributed by atoms with Crippen LogP contribution >= 0.6 is 12.4 Å². The highest BCUT2D eigenvalue weighted by Gasteiger charge is 2.06. The SMILES string of the molecule is Cc1nccn1Cc1cn(-c2ccc(OC(F)F)cc2)cn1.Cl. The smallest absolute Gasteiger partial charge is 0.387 e. The van der Waals surface area contributed by atoms with Gasteiger partial charge in [0.25, 0.3) is 0 Å². The highest BCUT2D eigenvalue weighted by molar-refractivity contribution is 5.85. The Morgan fingerprint density at radius 2 is 1.91 bits per heavy atom. The number of alkyl halides is 2. The van der Waals surface area contributed by atoms with E-state index in [2.05, 4.69) is 14.7 Å². The second-order valence-electron chi connectivity index (χ2n) is 4.75. The topological polar surface area (TPSA) is 44.9 Å². The molecule has 0 fully saturated rings. The summed E-state index contributed by atoms with van der Waals surface area (Å²) in [5.41, 5.74) is 1.71. The van der Waals surface area contributed by atoms with Crippen molar-refractivity contribution in [2.75, 3.05) is 0 Å². The summed E-state index contributed by atoms with van der Waals surface area (Å²) in [6.45, 7) is -0.256. The van der Waals surface area contributed by atoms with Crippen LogP contribution in [-0.2, 0) is 6.54 Å². The lowest BCUT2D eigenvalue weighted by Gasteiger charge is -2.06. The van der Waals surface area contributed by atoms with Crippen molar-refractivity contribution in [1.82, 2.24) is 19.1 Å². The van der Waals surface area contributed by atoms with E-state index in [0.29, 0.717) is 6.54 Å². The fourth-order valence-corrected chi connectivity index (χ4v) is 2.13. The van der Waals surface area contributed by atoms with Gasteiger partial charge in [-0.05, 0) is 31.2 Å². The minimum absolute atomic E-state index is 0. The minimum atomic E-state index is -2.82. The summed E-state index contributed by atoms with van der Waals surface area (Å²) in [4.78, 5) is 8.51. The molecular weight excluding hydrogens is 326 g/mol. The van der Waals surface area contributed by atoms with Crippen LogP contribution in [0.1, 0.15) is 11.5 Å². The van der Waals surface area contributed by atoms with Gasteiger partial charge in [-0.25, -0.2) is 9.97 Å². The molecule has 23 heavy (non-hydrogen) atoms. The number of imidazole rings is 2. The lowest BCUT2D eigenvalue weighted by atomic mass is 10.3. The van der Waals surface area contributed by atoms with Crippen molar-refractivity contribution >= 4 is 12.4 Å². The number of halogens is 3. The first-order valence-corrected chi connectivity index (χ1v) is 6.67. The summed E-state index contributed by atoms with van der Waals surface area (Å²) in [5, 5.41) is 0. The third-order valence-corrected chi connectivity index (χ3v) is 3.25. The van der Waals surface area contributed by atoms with Crippen molar-refractivity contribution in [3.8, 4) is 11.4 Å². The molecule has 0 atom stereocenters. The van der Waals surface area contributed by atoms with Gasteiger partial charge in [0.05, 0.1) is 18.6 Å². The van der Waals surface area contributed by atoms with E-state index in [9.17, 15) is 8.78 Å². The highest BCUT2D eigenvalue weighted by atomic mass is 35.5. The molecule has 0 bridgehead atoms. The number of hydrogen-bond acceptors (Lipinski definition) is 3. The molecule has 0 N–H and O–H groups in total. The largest absolute Gasteiger partial charge is 0.435 e. The van der Waals surface area contributed by atoms with Gasteiger partial charge in [0.1, 0.15) is 11.6 Å². The van der Waals surface area contributed by atoms with Crippen LogP contribution in [0, 0.1) is 6.92 Å². The second kappa shape index (κ2) is 7.23. The third-order valence-electron chi connectivity index (χ3n) is 3.25. The zero-order valence-electron chi connectivity index (χ0n) is 12.3. The second-order valence-corrected chi connectivity index (χ2v) is 4.75. The molecule has 0 amide bonds. The van der Waals surface area contributed by atoms with E-state index < -0.39 is 6.61 Å². The molecule has 0 saturated heterocycles. The molecule has 0 radical (unpaired) electrons. The molecular formula is C15H15ClF2N4O. The Hall–Kier alpha value is -2.41. The summed E-state index contributed by atoms with van der Waals surface area (Å²) in [6, 6.07) is 6.40. The van der Waals surface area contributed by atoms with Crippen LogP contribution in [0.5, 0.6) is 5.75 Å². The maximum atomic E-state index is 12.1. The van der Waals surface area contributed by atoms with Crippen molar-refractivity contribution in [3.05, 3.63) is 60.7 Å². The van der Waals surface area contributed by atoms with Crippen molar-refractivity contribution < 1.29 is 13.5 Å². The molecule has 0 aliphatic heterocycles. The monoisotopic (exact) mass is 340 g/mol. The summed E-state index contributed by atoms with van der Waals surface area (Å²) in [6.07, 6.45) is 7.21. The Morgan fingerprint density at radius 1 is 1.17 bits per heavy atom. The average Bonchev–Trinajstić information content (AvgIpc) is 3.10. The molecule has 5 nitrogen and oxygen atoms in total. The molecule has 0 spiro atoms. The first-order chi connectivity index (χ1) is 10.6. The predicted octanol–water partition coefficient (Wildman–Crippen LogP) is 3.45. The first kappa shape index (κ1) is 17.0. The van der Waals surface area contributed by atoms with Gasteiger partial charge in [-0.1, -0.05) is 0 Å². The molecule has 0 unspecified atom stereocenters. The number of rotatable bonds is 5. The molecule has 0 saturated carbocycles. The highest BCUT2D eigenvalue weighted by Crippen LogP contribution is 2.17. The van der Waals surface area contributed by atoms with E-state index in [1.807, 2.05) is 28.5 Å². The first-order valence-electron chi connectivity index (χ1n) is 6.67. The Bertz CT molecular complexity index is 755. The summed E-state index contributed by atoms with van der Waals surface area (Å²) in [5.74, 6) is 1.05. The van der Waals surface area contributed by atoms with Crippen LogP contribution in [0.15, 0.2) is 49.2 Å². The van der Waals surface area contributed by atoms with Gasteiger partial charge in [0.2, 0.25) is 0 Å². The van der Waals surface area contributed by atoms with Gasteiger partial charge < -0.3 is 13.9 Å². The minimum Gasteiger partial charge on any atom is -0.435 e. The van der Waals surface area contributed by atoms with Crippen molar-refractivity contribution in [2.24, 2.45) is 0 Å². The molecule has 3 rings (SSSR count). The zero-order valence-corrected chi connectivity index (χ0v) is 13.1. The van der Waals surface area contributed by atoms with Gasteiger partial charge in [-0.2, -0.15) is 8.78 Å². The van der Waals surface area contributed by atoms with E-state index >= 15 is 0 Å². The quantitative estimate of drug-likeness (QED) is 0.714. The number of nitrogens with zero attached hydrogens (tertiary/aromatic N) is 4. The maximum Gasteiger partial charge on any atom is 0.387 e. The van der Waals surface area contributed by atoms with Crippen molar-refractivity contribution in [1.29, 1.82) is 0 Å². The van der Waals surface area contributed by atoms with Gasteiger partial charge in [0.15, 0.2) is 0 Å². The zero-order chi connectivity index (χ0) is 15.5. The molecule has 1 aromatic carbocycles. The normalized spacial score (nSPS) is 10.6. The van der Waals surface area contributed by atoms with Crippen LogP contribution in [-0.4, -0.2) is 25.7 Å². The third kappa shape index (κ3) is 4.07. The fraction of sp³-hybridized carbons (Fsp3) is 0.200. The standard InChI is InChI=1S/C15H14F2N4O.ClH/c1-11-18-6-7-20(11)8-12-9-21(10-19-12)13-2-4-14(5-3-13)22-15(16)17;/h2-7,9-10,15H,8H2,1H3;1H. The number of ether oxygens (including phenoxy) is 1. The molecule has 2 heterocycles. The molecule has 3 aromatic rings. The Morgan fingerprint density at radius 3 is 2.52 bits per heavy atom. The van der Waals surface area contributed by atoms with Gasteiger partial charge in [-0.3, -0.25) is 0 Å². The average molecular weight is 341 g/mol. The van der Waals surface area contributed by atoms with E-state index in [1.54, 1.807) is 24.7 Å².